The quantitative estimate of drug-likeness (QED) is 0.580. The van der Waals surface area contributed by atoms with Crippen molar-refractivity contribution in [2.75, 3.05) is 32.2 Å². The lowest BCUT2D eigenvalue weighted by Crippen LogP contribution is -2.24. The van der Waals surface area contributed by atoms with Crippen molar-refractivity contribution in [2.24, 2.45) is 0 Å². The largest absolute Gasteiger partial charge is 0.482 e. The van der Waals surface area contributed by atoms with Crippen molar-refractivity contribution in [1.82, 2.24) is 5.32 Å². The average Bonchev–Trinajstić information content (AvgIpc) is 3.06. The summed E-state index contributed by atoms with van der Waals surface area (Å²) in [5.74, 6) is -1.96. The number of esters is 2. The number of thiophene rings is 1. The van der Waals surface area contributed by atoms with Gasteiger partial charge in [-0.2, -0.15) is 0 Å². The third kappa shape index (κ3) is 6.05. The highest BCUT2D eigenvalue weighted by molar-refractivity contribution is 7.18. The molecule has 2 N–H and O–H groups in total. The van der Waals surface area contributed by atoms with Crippen molar-refractivity contribution in [3.05, 3.63) is 46.3 Å². The molecule has 1 aromatic carbocycles. The van der Waals surface area contributed by atoms with E-state index in [1.807, 2.05) is 6.07 Å². The fourth-order valence-electron chi connectivity index (χ4n) is 2.39. The van der Waals surface area contributed by atoms with Gasteiger partial charge in [0.15, 0.2) is 13.2 Å². The zero-order valence-corrected chi connectivity index (χ0v) is 17.6. The van der Waals surface area contributed by atoms with Crippen molar-refractivity contribution in [2.45, 2.75) is 13.8 Å². The van der Waals surface area contributed by atoms with Crippen LogP contribution in [0.2, 0.25) is 0 Å². The van der Waals surface area contributed by atoms with E-state index in [4.69, 9.17) is 14.2 Å². The van der Waals surface area contributed by atoms with Crippen LogP contribution in [0.25, 0.3) is 0 Å². The lowest BCUT2D eigenvalue weighted by atomic mass is 10.1. The number of hydrogen-bond donors (Lipinski definition) is 2. The molecule has 0 aliphatic rings. The molecule has 1 heterocycles. The third-order valence-corrected chi connectivity index (χ3v) is 4.98. The maximum atomic E-state index is 12.3. The van der Waals surface area contributed by atoms with Crippen LogP contribution in [-0.4, -0.2) is 50.6 Å². The molecule has 2 aromatic rings. The summed E-state index contributed by atoms with van der Waals surface area (Å²) in [6.45, 7) is 2.43. The fourth-order valence-corrected chi connectivity index (χ4v) is 3.55. The Morgan fingerprint density at radius 1 is 1.03 bits per heavy atom. The molecule has 2 rings (SSSR count). The van der Waals surface area contributed by atoms with E-state index in [1.54, 1.807) is 38.1 Å². The van der Waals surface area contributed by atoms with Gasteiger partial charge in [0.25, 0.3) is 11.8 Å². The van der Waals surface area contributed by atoms with E-state index in [0.29, 0.717) is 11.3 Å². The van der Waals surface area contributed by atoms with Crippen LogP contribution < -0.4 is 15.4 Å². The molecule has 0 saturated carbocycles. The van der Waals surface area contributed by atoms with Crippen LogP contribution in [0.15, 0.2) is 30.3 Å². The molecule has 0 atom stereocenters. The molecule has 0 spiro atoms. The highest BCUT2D eigenvalue weighted by Crippen LogP contribution is 2.33. The second-order valence-corrected chi connectivity index (χ2v) is 6.89. The molecule has 9 nitrogen and oxygen atoms in total. The Morgan fingerprint density at radius 3 is 2.37 bits per heavy atom. The van der Waals surface area contributed by atoms with E-state index in [0.717, 1.165) is 11.3 Å². The molecule has 1 aromatic heterocycles. The predicted molar refractivity (Wildman–Crippen MR) is 110 cm³/mol. The second kappa shape index (κ2) is 11.0. The van der Waals surface area contributed by atoms with Crippen LogP contribution in [0.5, 0.6) is 5.75 Å². The molecular weight excluding hydrogens is 412 g/mol. The first-order valence-electron chi connectivity index (χ1n) is 9.03. The third-order valence-electron chi connectivity index (χ3n) is 3.78. The molecular formula is C20H22N2O7S. The van der Waals surface area contributed by atoms with Gasteiger partial charge in [-0.15, -0.1) is 11.3 Å². The van der Waals surface area contributed by atoms with Gasteiger partial charge in [-0.05, 0) is 31.5 Å². The summed E-state index contributed by atoms with van der Waals surface area (Å²) in [5.41, 5.74) is 0.480. The number of hydrogen-bond acceptors (Lipinski definition) is 8. The van der Waals surface area contributed by atoms with E-state index in [9.17, 15) is 19.2 Å². The van der Waals surface area contributed by atoms with Gasteiger partial charge in [0, 0.05) is 7.05 Å². The Labute approximate surface area is 177 Å². The molecule has 0 saturated heterocycles. The van der Waals surface area contributed by atoms with E-state index < -0.39 is 30.4 Å². The molecule has 0 bridgehead atoms. The number of anilines is 1. The topological polar surface area (TPSA) is 120 Å². The van der Waals surface area contributed by atoms with Gasteiger partial charge in [-0.25, -0.2) is 9.59 Å². The Bertz CT molecular complexity index is 925. The Kier molecular flexibility index (Phi) is 8.36. The average molecular weight is 434 g/mol. The lowest BCUT2D eigenvalue weighted by Gasteiger charge is -2.08. The number of para-hydroxylation sites is 1. The molecule has 2 amide bonds. The van der Waals surface area contributed by atoms with Gasteiger partial charge in [-0.1, -0.05) is 18.2 Å². The number of ether oxygens (including phenoxy) is 3. The van der Waals surface area contributed by atoms with E-state index >= 15 is 0 Å². The van der Waals surface area contributed by atoms with Crippen molar-refractivity contribution in [3.8, 4) is 5.75 Å². The fraction of sp³-hybridized carbons (Fsp3) is 0.300. The van der Waals surface area contributed by atoms with Gasteiger partial charge in [0.1, 0.15) is 10.8 Å². The first kappa shape index (κ1) is 22.9. The zero-order valence-electron chi connectivity index (χ0n) is 16.8. The molecule has 0 aliphatic carbocycles. The van der Waals surface area contributed by atoms with Crippen molar-refractivity contribution < 1.29 is 33.4 Å². The number of amides is 2. The molecule has 30 heavy (non-hydrogen) atoms. The summed E-state index contributed by atoms with van der Waals surface area (Å²) in [6, 6.07) is 8.68. The van der Waals surface area contributed by atoms with Gasteiger partial charge < -0.3 is 24.8 Å². The van der Waals surface area contributed by atoms with Crippen LogP contribution in [0, 0.1) is 6.92 Å². The van der Waals surface area contributed by atoms with Crippen LogP contribution in [0.4, 0.5) is 5.00 Å². The Balaban J connectivity index is 2.00. The van der Waals surface area contributed by atoms with Crippen molar-refractivity contribution in [3.63, 3.8) is 0 Å². The minimum absolute atomic E-state index is 0.0903. The maximum Gasteiger partial charge on any atom is 0.344 e. The number of carbonyl (C=O) groups excluding carboxylic acids is 4. The summed E-state index contributed by atoms with van der Waals surface area (Å²) >= 11 is 0.933. The lowest BCUT2D eigenvalue weighted by molar-refractivity contribution is -0.149. The predicted octanol–water partition coefficient (Wildman–Crippen LogP) is 2.15. The summed E-state index contributed by atoms with van der Waals surface area (Å²) in [5, 5.41) is 5.12. The standard InChI is InChI=1S/C20H22N2O7S/c1-4-27-20(26)16-12(2)17(18(25)21-3)30-19(16)22-14(23)10-29-15(24)11-28-13-8-6-5-7-9-13/h5-9H,4,10-11H2,1-3H3,(H,21,25)(H,22,23). The zero-order chi connectivity index (χ0) is 22.1. The van der Waals surface area contributed by atoms with Crippen LogP contribution in [0.1, 0.15) is 32.5 Å². The summed E-state index contributed by atoms with van der Waals surface area (Å²) in [6.07, 6.45) is 0. The maximum absolute atomic E-state index is 12.3. The monoisotopic (exact) mass is 434 g/mol. The van der Waals surface area contributed by atoms with Gasteiger partial charge in [0.2, 0.25) is 0 Å². The number of carbonyl (C=O) groups is 4. The number of benzene rings is 1. The summed E-state index contributed by atoms with van der Waals surface area (Å²) in [7, 11) is 1.46. The first-order valence-corrected chi connectivity index (χ1v) is 9.84. The smallest absolute Gasteiger partial charge is 0.344 e. The van der Waals surface area contributed by atoms with Crippen molar-refractivity contribution >= 4 is 40.1 Å². The summed E-state index contributed by atoms with van der Waals surface area (Å²) in [4.78, 5) is 48.5. The van der Waals surface area contributed by atoms with E-state index in [1.165, 1.54) is 7.05 Å². The molecule has 160 valence electrons. The molecule has 10 heteroatoms. The van der Waals surface area contributed by atoms with E-state index in [2.05, 4.69) is 10.6 Å². The Morgan fingerprint density at radius 2 is 1.73 bits per heavy atom. The SMILES string of the molecule is CCOC(=O)c1c(NC(=O)COC(=O)COc2ccccc2)sc(C(=O)NC)c1C. The number of nitrogens with one attached hydrogen (secondary N) is 2. The minimum atomic E-state index is -0.729. The van der Waals surface area contributed by atoms with Crippen LogP contribution in [-0.2, 0) is 19.1 Å². The van der Waals surface area contributed by atoms with E-state index in [-0.39, 0.29) is 28.7 Å². The first-order chi connectivity index (χ1) is 14.4. The van der Waals surface area contributed by atoms with Gasteiger partial charge in [-0.3, -0.25) is 9.59 Å². The molecule has 0 fully saturated rings. The van der Waals surface area contributed by atoms with Gasteiger partial charge >= 0.3 is 11.9 Å². The van der Waals surface area contributed by atoms with Crippen LogP contribution in [0.3, 0.4) is 0 Å². The highest BCUT2D eigenvalue weighted by atomic mass is 32.1. The molecule has 0 aliphatic heterocycles. The summed E-state index contributed by atoms with van der Waals surface area (Å²) < 4.78 is 15.1. The second-order valence-electron chi connectivity index (χ2n) is 5.87. The highest BCUT2D eigenvalue weighted by Gasteiger charge is 2.26. The molecule has 0 unspecified atom stereocenters. The molecule has 0 radical (unpaired) electrons. The van der Waals surface area contributed by atoms with Crippen molar-refractivity contribution in [1.29, 1.82) is 0 Å². The van der Waals surface area contributed by atoms with Gasteiger partial charge in [0.05, 0.1) is 17.0 Å². The normalized spacial score (nSPS) is 10.1. The Hall–Kier alpha value is -3.40. The number of rotatable bonds is 9. The minimum Gasteiger partial charge on any atom is -0.482 e. The van der Waals surface area contributed by atoms with Crippen LogP contribution >= 0.6 is 11.3 Å².